The SMILES string of the molecule is CCOc1cccc(CNC(C)C(C)C)c1OC. The van der Waals surface area contributed by atoms with Crippen molar-refractivity contribution >= 4 is 0 Å². The van der Waals surface area contributed by atoms with E-state index >= 15 is 0 Å². The molecule has 0 aromatic heterocycles. The van der Waals surface area contributed by atoms with Crippen LogP contribution >= 0.6 is 0 Å². The first-order valence-electron chi connectivity index (χ1n) is 6.62. The molecule has 3 nitrogen and oxygen atoms in total. The van der Waals surface area contributed by atoms with Crippen molar-refractivity contribution in [3.63, 3.8) is 0 Å². The van der Waals surface area contributed by atoms with Gasteiger partial charge in [0.05, 0.1) is 13.7 Å². The van der Waals surface area contributed by atoms with Crippen LogP contribution in [0.25, 0.3) is 0 Å². The van der Waals surface area contributed by atoms with E-state index in [4.69, 9.17) is 9.47 Å². The summed E-state index contributed by atoms with van der Waals surface area (Å²) in [6, 6.07) is 6.49. The quantitative estimate of drug-likeness (QED) is 0.807. The van der Waals surface area contributed by atoms with Gasteiger partial charge in [-0.05, 0) is 25.8 Å². The predicted molar refractivity (Wildman–Crippen MR) is 75.3 cm³/mol. The number of hydrogen-bond acceptors (Lipinski definition) is 3. The summed E-state index contributed by atoms with van der Waals surface area (Å²) >= 11 is 0. The van der Waals surface area contributed by atoms with Crippen LogP contribution in [0.3, 0.4) is 0 Å². The average Bonchev–Trinajstić information content (AvgIpc) is 2.36. The van der Waals surface area contributed by atoms with E-state index in [2.05, 4.69) is 32.2 Å². The highest BCUT2D eigenvalue weighted by Crippen LogP contribution is 2.31. The van der Waals surface area contributed by atoms with Crippen molar-refractivity contribution in [3.8, 4) is 11.5 Å². The maximum Gasteiger partial charge on any atom is 0.165 e. The van der Waals surface area contributed by atoms with E-state index in [1.807, 2.05) is 19.1 Å². The summed E-state index contributed by atoms with van der Waals surface area (Å²) in [4.78, 5) is 0. The normalized spacial score (nSPS) is 12.6. The number of ether oxygens (including phenoxy) is 2. The summed E-state index contributed by atoms with van der Waals surface area (Å²) in [7, 11) is 1.69. The minimum Gasteiger partial charge on any atom is -0.493 e. The fourth-order valence-electron chi connectivity index (χ4n) is 1.71. The molecule has 0 spiro atoms. The molecule has 1 unspecified atom stereocenters. The molecule has 1 aromatic rings. The van der Waals surface area contributed by atoms with Crippen LogP contribution in [-0.4, -0.2) is 19.8 Å². The zero-order valence-electron chi connectivity index (χ0n) is 12.1. The smallest absolute Gasteiger partial charge is 0.165 e. The Morgan fingerprint density at radius 3 is 2.50 bits per heavy atom. The molecule has 0 saturated heterocycles. The van der Waals surface area contributed by atoms with E-state index in [0.29, 0.717) is 18.6 Å². The van der Waals surface area contributed by atoms with Crippen LogP contribution in [0.15, 0.2) is 18.2 Å². The van der Waals surface area contributed by atoms with Gasteiger partial charge >= 0.3 is 0 Å². The predicted octanol–water partition coefficient (Wildman–Crippen LogP) is 3.23. The van der Waals surface area contributed by atoms with Crippen LogP contribution in [0.4, 0.5) is 0 Å². The minimum absolute atomic E-state index is 0.477. The van der Waals surface area contributed by atoms with Gasteiger partial charge < -0.3 is 14.8 Å². The van der Waals surface area contributed by atoms with Gasteiger partial charge in [0.2, 0.25) is 0 Å². The number of rotatable bonds is 7. The molecule has 0 aliphatic heterocycles. The Balaban J connectivity index is 2.78. The van der Waals surface area contributed by atoms with Crippen LogP contribution in [0, 0.1) is 5.92 Å². The van der Waals surface area contributed by atoms with E-state index in [9.17, 15) is 0 Å². The molecule has 0 radical (unpaired) electrons. The number of nitrogens with one attached hydrogen (secondary N) is 1. The number of methoxy groups -OCH3 is 1. The summed E-state index contributed by atoms with van der Waals surface area (Å²) < 4.78 is 11.0. The van der Waals surface area contributed by atoms with Crippen molar-refractivity contribution in [2.24, 2.45) is 5.92 Å². The summed E-state index contributed by atoms with van der Waals surface area (Å²) in [5, 5.41) is 3.51. The lowest BCUT2D eigenvalue weighted by molar-refractivity contribution is 0.308. The van der Waals surface area contributed by atoms with Crippen LogP contribution in [0.5, 0.6) is 11.5 Å². The molecule has 0 bridgehead atoms. The second-order valence-corrected chi connectivity index (χ2v) is 4.80. The summed E-state index contributed by atoms with van der Waals surface area (Å²) in [5.74, 6) is 2.27. The number of hydrogen-bond donors (Lipinski definition) is 1. The highest BCUT2D eigenvalue weighted by atomic mass is 16.5. The van der Waals surface area contributed by atoms with Gasteiger partial charge in [0.1, 0.15) is 0 Å². The van der Waals surface area contributed by atoms with E-state index in [1.165, 1.54) is 0 Å². The number of para-hydroxylation sites is 1. The Labute approximate surface area is 110 Å². The standard InChI is InChI=1S/C15H25NO2/c1-6-18-14-9-7-8-13(15(14)17-5)10-16-12(4)11(2)3/h7-9,11-12,16H,6,10H2,1-5H3. The van der Waals surface area contributed by atoms with Crippen molar-refractivity contribution in [1.82, 2.24) is 5.32 Å². The zero-order valence-corrected chi connectivity index (χ0v) is 12.1. The third-order valence-electron chi connectivity index (χ3n) is 3.18. The molecule has 102 valence electrons. The van der Waals surface area contributed by atoms with Gasteiger partial charge in [-0.3, -0.25) is 0 Å². The molecule has 1 atom stereocenters. The largest absolute Gasteiger partial charge is 0.493 e. The fourth-order valence-corrected chi connectivity index (χ4v) is 1.71. The van der Waals surface area contributed by atoms with Crippen LogP contribution in [0.2, 0.25) is 0 Å². The van der Waals surface area contributed by atoms with Gasteiger partial charge in [-0.25, -0.2) is 0 Å². The molecule has 0 aliphatic carbocycles. The molecule has 1 aromatic carbocycles. The molecule has 1 rings (SSSR count). The van der Waals surface area contributed by atoms with Crippen molar-refractivity contribution in [2.75, 3.05) is 13.7 Å². The summed E-state index contributed by atoms with van der Waals surface area (Å²) in [6.45, 7) is 10.0. The van der Waals surface area contributed by atoms with Crippen LogP contribution < -0.4 is 14.8 Å². The van der Waals surface area contributed by atoms with Crippen LogP contribution in [0.1, 0.15) is 33.3 Å². The molecule has 0 amide bonds. The highest BCUT2D eigenvalue weighted by molar-refractivity contribution is 5.46. The molecule has 0 fully saturated rings. The average molecular weight is 251 g/mol. The molecule has 0 saturated carbocycles. The van der Waals surface area contributed by atoms with E-state index in [-0.39, 0.29) is 0 Å². The lowest BCUT2D eigenvalue weighted by Crippen LogP contribution is -2.30. The lowest BCUT2D eigenvalue weighted by atomic mass is 10.1. The highest BCUT2D eigenvalue weighted by Gasteiger charge is 2.12. The van der Waals surface area contributed by atoms with Gasteiger partial charge in [-0.15, -0.1) is 0 Å². The Morgan fingerprint density at radius 2 is 1.94 bits per heavy atom. The first-order chi connectivity index (χ1) is 8.60. The van der Waals surface area contributed by atoms with Gasteiger partial charge in [0.15, 0.2) is 11.5 Å². The fraction of sp³-hybridized carbons (Fsp3) is 0.600. The van der Waals surface area contributed by atoms with Gasteiger partial charge in [-0.2, -0.15) is 0 Å². The molecule has 0 aliphatic rings. The van der Waals surface area contributed by atoms with Crippen molar-refractivity contribution in [1.29, 1.82) is 0 Å². The second-order valence-electron chi connectivity index (χ2n) is 4.80. The van der Waals surface area contributed by atoms with Crippen molar-refractivity contribution < 1.29 is 9.47 Å². The molecule has 1 N–H and O–H groups in total. The van der Waals surface area contributed by atoms with Crippen LogP contribution in [-0.2, 0) is 6.54 Å². The van der Waals surface area contributed by atoms with Crippen molar-refractivity contribution in [3.05, 3.63) is 23.8 Å². The Kier molecular flexibility index (Phi) is 5.99. The molecule has 3 heteroatoms. The topological polar surface area (TPSA) is 30.5 Å². The number of benzene rings is 1. The minimum atomic E-state index is 0.477. The first kappa shape index (κ1) is 14.8. The van der Waals surface area contributed by atoms with Crippen molar-refractivity contribution in [2.45, 2.75) is 40.3 Å². The summed E-state index contributed by atoms with van der Waals surface area (Å²) in [5.41, 5.74) is 1.14. The maximum absolute atomic E-state index is 5.57. The zero-order chi connectivity index (χ0) is 13.5. The summed E-state index contributed by atoms with van der Waals surface area (Å²) in [6.07, 6.45) is 0. The van der Waals surface area contributed by atoms with Gasteiger partial charge in [-0.1, -0.05) is 26.0 Å². The Hall–Kier alpha value is -1.22. The third kappa shape index (κ3) is 3.91. The molecule has 0 heterocycles. The molecule has 18 heavy (non-hydrogen) atoms. The molecular formula is C15H25NO2. The second kappa shape index (κ2) is 7.27. The van der Waals surface area contributed by atoms with E-state index in [0.717, 1.165) is 23.6 Å². The van der Waals surface area contributed by atoms with Gasteiger partial charge in [0, 0.05) is 18.2 Å². The maximum atomic E-state index is 5.57. The first-order valence-corrected chi connectivity index (χ1v) is 6.62. The molecular weight excluding hydrogens is 226 g/mol. The van der Waals surface area contributed by atoms with Gasteiger partial charge in [0.25, 0.3) is 0 Å². The van der Waals surface area contributed by atoms with E-state index in [1.54, 1.807) is 7.11 Å². The Morgan fingerprint density at radius 1 is 1.22 bits per heavy atom. The monoisotopic (exact) mass is 251 g/mol. The lowest BCUT2D eigenvalue weighted by Gasteiger charge is -2.19. The Bertz CT molecular complexity index is 364. The van der Waals surface area contributed by atoms with E-state index < -0.39 is 0 Å². The third-order valence-corrected chi connectivity index (χ3v) is 3.18.